The van der Waals surface area contributed by atoms with Crippen LogP contribution in [-0.4, -0.2) is 49.8 Å². The molecule has 14 heteroatoms. The van der Waals surface area contributed by atoms with Crippen molar-refractivity contribution in [3.05, 3.63) is 11.6 Å². The van der Waals surface area contributed by atoms with Crippen LogP contribution in [0.15, 0.2) is 0 Å². The van der Waals surface area contributed by atoms with Crippen LogP contribution in [0.3, 0.4) is 0 Å². The Morgan fingerprint density at radius 1 is 0.750 bits per heavy atom. The molecule has 158 valence electrons. The molecule has 2 aromatic rings. The van der Waals surface area contributed by atoms with Gasteiger partial charge in [0.2, 0.25) is 10.3 Å². The molecule has 0 N–H and O–H groups in total. The van der Waals surface area contributed by atoms with E-state index in [9.17, 15) is 0 Å². The van der Waals surface area contributed by atoms with Crippen molar-refractivity contribution in [1.29, 1.82) is 0 Å². The zero-order valence-corrected chi connectivity index (χ0v) is 21.2. The van der Waals surface area contributed by atoms with Gasteiger partial charge < -0.3 is 4.90 Å². The van der Waals surface area contributed by atoms with Gasteiger partial charge >= 0.3 is 0 Å². The number of aromatic nitrogens is 4. The van der Waals surface area contributed by atoms with Crippen LogP contribution in [0.2, 0.25) is 0 Å². The fourth-order valence-electron chi connectivity index (χ4n) is 2.30. The van der Waals surface area contributed by atoms with Gasteiger partial charge in [-0.05, 0) is 32.5 Å². The summed E-state index contributed by atoms with van der Waals surface area (Å²) in [4.78, 5) is 12.9. The number of nitrogens with zero attached hydrogens (tertiary/aromatic N) is 6. The Bertz CT molecular complexity index is 687. The average molecular weight is 547 g/mol. The first-order valence-electron chi connectivity index (χ1n) is 8.38. The smallest absolute Gasteiger partial charge is 0.251 e. The Labute approximate surface area is 202 Å². The van der Waals surface area contributed by atoms with Gasteiger partial charge in [0.1, 0.15) is 0 Å². The average Bonchev–Trinajstić information content (AvgIpc) is 3.27. The van der Waals surface area contributed by atoms with Crippen molar-refractivity contribution in [3.63, 3.8) is 0 Å². The van der Waals surface area contributed by atoms with Crippen molar-refractivity contribution in [2.24, 2.45) is 0 Å². The zero-order chi connectivity index (χ0) is 20.9. The normalized spacial score (nSPS) is 12.8. The lowest BCUT2D eigenvalue weighted by molar-refractivity contribution is 0.297. The number of unbranched alkanes of at least 4 members (excludes halogenated alkanes) is 1. The van der Waals surface area contributed by atoms with E-state index >= 15 is 0 Å². The molecule has 0 radical (unpaired) electrons. The Kier molecular flexibility index (Phi) is 9.58. The molecule has 2 rings (SSSR count). The van der Waals surface area contributed by atoms with E-state index in [0.717, 1.165) is 55.5 Å². The molecule has 28 heavy (non-hydrogen) atoms. The fourth-order valence-corrected chi connectivity index (χ4v) is 4.66. The number of halogens is 6. The predicted molar refractivity (Wildman–Crippen MR) is 122 cm³/mol. The van der Waals surface area contributed by atoms with Crippen LogP contribution < -0.4 is 4.90 Å². The summed E-state index contributed by atoms with van der Waals surface area (Å²) in [7, 11) is 0. The van der Waals surface area contributed by atoms with Crippen molar-refractivity contribution in [2.45, 2.75) is 34.3 Å². The van der Waals surface area contributed by atoms with Crippen LogP contribution in [0, 0.1) is 0 Å². The lowest BCUT2D eigenvalue weighted by Gasteiger charge is -2.20. The highest BCUT2D eigenvalue weighted by molar-refractivity contribution is 7.12. The number of hydrogen-bond acceptors (Lipinski definition) is 8. The molecule has 2 heterocycles. The summed E-state index contributed by atoms with van der Waals surface area (Å²) in [6.07, 6.45) is 1.90. The summed E-state index contributed by atoms with van der Waals surface area (Å²) in [6, 6.07) is 0. The molecule has 0 fully saturated rings. The third-order valence-electron chi connectivity index (χ3n) is 3.80. The van der Waals surface area contributed by atoms with Gasteiger partial charge in [0.25, 0.3) is 7.59 Å². The highest BCUT2D eigenvalue weighted by Crippen LogP contribution is 2.41. The summed E-state index contributed by atoms with van der Waals surface area (Å²) in [5, 5.41) is 1.08. The molecule has 0 unspecified atom stereocenters. The summed E-state index contributed by atoms with van der Waals surface area (Å²) in [6.45, 7) is 7.97. The maximum atomic E-state index is 5.89. The molecule has 0 saturated heterocycles. The lowest BCUT2D eigenvalue weighted by atomic mass is 10.3. The van der Waals surface area contributed by atoms with E-state index in [1.807, 2.05) is 4.90 Å². The zero-order valence-electron chi connectivity index (χ0n) is 15.0. The second kappa shape index (κ2) is 10.8. The summed E-state index contributed by atoms with van der Waals surface area (Å²) >= 11 is 37.6. The lowest BCUT2D eigenvalue weighted by Crippen LogP contribution is -2.25. The van der Waals surface area contributed by atoms with Gasteiger partial charge in [-0.1, -0.05) is 83.5 Å². The summed E-state index contributed by atoms with van der Waals surface area (Å²) in [5.41, 5.74) is 0. The molecule has 0 aliphatic heterocycles. The maximum absolute atomic E-state index is 5.89. The van der Waals surface area contributed by atoms with Crippen LogP contribution in [-0.2, 0) is 7.59 Å². The molecule has 0 aliphatic carbocycles. The molecule has 0 bridgehead atoms. The van der Waals surface area contributed by atoms with E-state index < -0.39 is 7.59 Å². The van der Waals surface area contributed by atoms with Gasteiger partial charge in [-0.25, -0.2) is 0 Å². The van der Waals surface area contributed by atoms with Crippen LogP contribution in [0.1, 0.15) is 38.3 Å². The van der Waals surface area contributed by atoms with Gasteiger partial charge in [0.05, 0.1) is 0 Å². The molecular formula is C14H18Cl6N6S2. The van der Waals surface area contributed by atoms with E-state index in [-0.39, 0.29) is 11.6 Å². The van der Waals surface area contributed by atoms with Crippen LogP contribution in [0.5, 0.6) is 0 Å². The van der Waals surface area contributed by atoms with E-state index in [2.05, 4.69) is 37.5 Å². The quantitative estimate of drug-likeness (QED) is 0.271. The first kappa shape index (κ1) is 24.9. The highest BCUT2D eigenvalue weighted by Gasteiger charge is 2.32. The standard InChI is InChI=1S/C14H18Cl6N6S2/c1-3-25(4-2)7-5-6-8-26(11-21-9(23-27-11)13(15,16)17)12-22-10(24-28-12)14(18,19)20/h3-8H2,1-2H3. The SMILES string of the molecule is CCN(CC)CCCCN(c1nc(C(Cl)(Cl)Cl)ns1)c1nc(C(Cl)(Cl)Cl)ns1. The molecule has 2 aromatic heterocycles. The molecule has 0 spiro atoms. The number of anilines is 2. The predicted octanol–water partition coefficient (Wildman–Crippen LogP) is 6.30. The van der Waals surface area contributed by atoms with Crippen LogP contribution in [0.4, 0.5) is 10.3 Å². The fraction of sp³-hybridized carbons (Fsp3) is 0.714. The minimum absolute atomic E-state index is 0.108. The van der Waals surface area contributed by atoms with E-state index in [1.165, 1.54) is 0 Å². The van der Waals surface area contributed by atoms with Gasteiger partial charge in [-0.3, -0.25) is 4.90 Å². The third kappa shape index (κ3) is 7.10. The summed E-state index contributed by atoms with van der Waals surface area (Å²) < 4.78 is 4.87. The maximum Gasteiger partial charge on any atom is 0.251 e. The second-order valence-corrected chi connectivity index (χ2v) is 11.7. The molecule has 0 aromatic carbocycles. The second-order valence-electron chi connectivity index (χ2n) is 5.68. The van der Waals surface area contributed by atoms with Crippen LogP contribution >= 0.6 is 92.7 Å². The number of rotatable bonds is 9. The minimum Gasteiger partial charge on any atom is -0.304 e. The van der Waals surface area contributed by atoms with Crippen LogP contribution in [0.25, 0.3) is 0 Å². The monoisotopic (exact) mass is 544 g/mol. The molecule has 0 amide bonds. The first-order valence-corrected chi connectivity index (χ1v) is 12.2. The van der Waals surface area contributed by atoms with Crippen molar-refractivity contribution in [1.82, 2.24) is 23.6 Å². The largest absolute Gasteiger partial charge is 0.304 e. The molecule has 0 saturated carbocycles. The highest BCUT2D eigenvalue weighted by atomic mass is 35.6. The van der Waals surface area contributed by atoms with Crippen molar-refractivity contribution in [3.8, 4) is 0 Å². The summed E-state index contributed by atoms with van der Waals surface area (Å²) in [5.74, 6) is 0.216. The Morgan fingerprint density at radius 3 is 1.54 bits per heavy atom. The Morgan fingerprint density at radius 2 is 1.18 bits per heavy atom. The number of hydrogen-bond donors (Lipinski definition) is 0. The topological polar surface area (TPSA) is 58.0 Å². The first-order chi connectivity index (χ1) is 13.1. The van der Waals surface area contributed by atoms with Crippen molar-refractivity contribution < 1.29 is 0 Å². The Balaban J connectivity index is 2.18. The van der Waals surface area contributed by atoms with Crippen molar-refractivity contribution in [2.75, 3.05) is 31.1 Å². The van der Waals surface area contributed by atoms with Gasteiger partial charge in [0, 0.05) is 29.6 Å². The Hall–Kier alpha value is 0.620. The van der Waals surface area contributed by atoms with Gasteiger partial charge in [-0.15, -0.1) is 0 Å². The van der Waals surface area contributed by atoms with E-state index in [4.69, 9.17) is 69.6 Å². The molecule has 0 atom stereocenters. The number of alkyl halides is 6. The van der Waals surface area contributed by atoms with E-state index in [1.54, 1.807) is 0 Å². The minimum atomic E-state index is -1.70. The van der Waals surface area contributed by atoms with Gasteiger partial charge in [0.15, 0.2) is 11.6 Å². The third-order valence-corrected chi connectivity index (χ3v) is 6.29. The van der Waals surface area contributed by atoms with Crippen molar-refractivity contribution >= 4 is 103 Å². The molecule has 0 aliphatic rings. The van der Waals surface area contributed by atoms with Gasteiger partial charge in [-0.2, -0.15) is 18.7 Å². The molecular weight excluding hydrogens is 529 g/mol. The molecule has 6 nitrogen and oxygen atoms in total. The van der Waals surface area contributed by atoms with E-state index in [0.29, 0.717) is 16.8 Å².